The molecule has 138 valence electrons. The smallest absolute Gasteiger partial charge is 0.300 e. The third-order valence-corrected chi connectivity index (χ3v) is 4.68. The summed E-state index contributed by atoms with van der Waals surface area (Å²) in [4.78, 5) is 9.00. The van der Waals surface area contributed by atoms with Crippen LogP contribution in [0, 0.1) is 0 Å². The summed E-state index contributed by atoms with van der Waals surface area (Å²) in [6.45, 7) is 1.08. The molecule has 0 bridgehead atoms. The van der Waals surface area contributed by atoms with Crippen LogP contribution in [-0.2, 0) is 17.6 Å². The molecule has 0 aliphatic heterocycles. The second kappa shape index (κ2) is 9.04. The minimum atomic E-state index is -0.833. The minimum absolute atomic E-state index is 0.833. The first-order chi connectivity index (χ1) is 13.2. The number of rotatable bonds is 0. The lowest BCUT2D eigenvalue weighted by atomic mass is 9.86. The van der Waals surface area contributed by atoms with E-state index in [0.29, 0.717) is 0 Å². The maximum absolute atomic E-state index is 9.00. The summed E-state index contributed by atoms with van der Waals surface area (Å²) in [5.41, 5.74) is 3.17. The van der Waals surface area contributed by atoms with Crippen molar-refractivity contribution in [3.63, 3.8) is 0 Å². The topological polar surface area (TPSA) is 50.4 Å². The van der Waals surface area contributed by atoms with Gasteiger partial charge in [-0.3, -0.25) is 4.79 Å². The van der Waals surface area contributed by atoms with Gasteiger partial charge in [0.2, 0.25) is 0 Å². The van der Waals surface area contributed by atoms with Crippen LogP contribution >= 0.6 is 0 Å². The maximum atomic E-state index is 9.00. The van der Waals surface area contributed by atoms with E-state index in [0.717, 1.165) is 6.92 Å². The fourth-order valence-electron chi connectivity index (χ4n) is 3.57. The molecule has 3 aromatic carbocycles. The third kappa shape index (κ3) is 4.76. The number of benzene rings is 3. The first-order valence-corrected chi connectivity index (χ1v) is 9.25. The van der Waals surface area contributed by atoms with Crippen molar-refractivity contribution in [2.75, 3.05) is 0 Å². The van der Waals surface area contributed by atoms with Gasteiger partial charge in [-0.2, -0.15) is 0 Å². The normalized spacial score (nSPS) is 12.3. The summed E-state index contributed by atoms with van der Waals surface area (Å²) in [7, 11) is 0. The Labute approximate surface area is 159 Å². The van der Waals surface area contributed by atoms with E-state index in [1.165, 1.54) is 47.2 Å². The summed E-state index contributed by atoms with van der Waals surface area (Å²) in [5.74, 6) is -0.833. The van der Waals surface area contributed by atoms with Crippen molar-refractivity contribution in [2.45, 2.75) is 32.6 Å². The largest absolute Gasteiger partial charge is 0.481 e. The summed E-state index contributed by atoms with van der Waals surface area (Å²) in [6, 6.07) is 21.6. The van der Waals surface area contributed by atoms with Crippen molar-refractivity contribution in [1.29, 1.82) is 0 Å². The van der Waals surface area contributed by atoms with Gasteiger partial charge in [0.15, 0.2) is 0 Å². The van der Waals surface area contributed by atoms with Crippen LogP contribution in [-0.4, -0.2) is 11.1 Å². The molecule has 0 radical (unpaired) electrons. The van der Waals surface area contributed by atoms with Gasteiger partial charge in [-0.05, 0) is 70.5 Å². The molecule has 0 spiro atoms. The Bertz CT molecular complexity index is 995. The second-order valence-corrected chi connectivity index (χ2v) is 6.60. The monoisotopic (exact) mass is 360 g/mol. The fourth-order valence-corrected chi connectivity index (χ4v) is 3.57. The Morgan fingerprint density at radius 2 is 1.48 bits per heavy atom. The molecule has 4 aromatic rings. The Morgan fingerprint density at radius 1 is 0.815 bits per heavy atom. The second-order valence-electron chi connectivity index (χ2n) is 6.60. The standard InChI is InChI=1S/C18H16.C4H4O.C2H4O2/c1-3-7-15-13(5-1)9-11-18-16-8-4-2-6-14(16)10-12-17(15)18;1-2-4-5-3-1;1-2(3)4/h1,3,5,7,9-12H,2,4,6,8H2;1-4H;1H3,(H,3,4). The number of carboxylic acids is 1. The van der Waals surface area contributed by atoms with E-state index in [1.54, 1.807) is 23.7 Å². The number of aliphatic carboxylic acids is 1. The molecule has 1 aromatic heterocycles. The number of fused-ring (bicyclic) bond motifs is 5. The number of aryl methyl sites for hydroxylation is 2. The van der Waals surface area contributed by atoms with Crippen LogP contribution in [0.3, 0.4) is 0 Å². The first kappa shape index (κ1) is 18.7. The molecular formula is C24H24O3. The van der Waals surface area contributed by atoms with E-state index in [-0.39, 0.29) is 0 Å². The molecule has 27 heavy (non-hydrogen) atoms. The van der Waals surface area contributed by atoms with Crippen LogP contribution in [0.5, 0.6) is 0 Å². The zero-order valence-electron chi connectivity index (χ0n) is 15.5. The Hall–Kier alpha value is -3.07. The maximum Gasteiger partial charge on any atom is 0.300 e. The van der Waals surface area contributed by atoms with Gasteiger partial charge in [0.1, 0.15) is 0 Å². The van der Waals surface area contributed by atoms with Crippen LogP contribution in [0.15, 0.2) is 77.6 Å². The first-order valence-electron chi connectivity index (χ1n) is 9.25. The predicted molar refractivity (Wildman–Crippen MR) is 110 cm³/mol. The van der Waals surface area contributed by atoms with E-state index >= 15 is 0 Å². The van der Waals surface area contributed by atoms with Crippen molar-refractivity contribution in [1.82, 2.24) is 0 Å². The zero-order valence-corrected chi connectivity index (χ0v) is 15.5. The van der Waals surface area contributed by atoms with Crippen molar-refractivity contribution in [3.05, 3.63) is 84.3 Å². The number of hydrogen-bond donors (Lipinski definition) is 1. The SMILES string of the molecule is CC(=O)O.c1ccc2c(c1)ccc1c3c(ccc12)CCCC3.c1ccoc1. The van der Waals surface area contributed by atoms with Crippen molar-refractivity contribution in [2.24, 2.45) is 0 Å². The van der Waals surface area contributed by atoms with E-state index in [1.807, 2.05) is 12.1 Å². The average molecular weight is 360 g/mol. The molecule has 1 aliphatic carbocycles. The average Bonchev–Trinajstić information content (AvgIpc) is 3.27. The highest BCUT2D eigenvalue weighted by Gasteiger charge is 2.13. The Balaban J connectivity index is 0.000000195. The van der Waals surface area contributed by atoms with Gasteiger partial charge < -0.3 is 9.52 Å². The van der Waals surface area contributed by atoms with E-state index in [9.17, 15) is 0 Å². The highest BCUT2D eigenvalue weighted by molar-refractivity contribution is 6.08. The lowest BCUT2D eigenvalue weighted by Gasteiger charge is -2.18. The highest BCUT2D eigenvalue weighted by Crippen LogP contribution is 2.33. The summed E-state index contributed by atoms with van der Waals surface area (Å²) < 4.78 is 4.58. The van der Waals surface area contributed by atoms with Gasteiger partial charge in [0.05, 0.1) is 12.5 Å². The van der Waals surface area contributed by atoms with Crippen molar-refractivity contribution < 1.29 is 14.3 Å². The van der Waals surface area contributed by atoms with E-state index in [2.05, 4.69) is 52.9 Å². The van der Waals surface area contributed by atoms with Crippen LogP contribution < -0.4 is 0 Å². The quantitative estimate of drug-likeness (QED) is 0.377. The van der Waals surface area contributed by atoms with Crippen LogP contribution in [0.4, 0.5) is 0 Å². The summed E-state index contributed by atoms with van der Waals surface area (Å²) in [6.07, 6.45) is 8.47. The molecule has 0 unspecified atom stereocenters. The molecule has 0 saturated heterocycles. The predicted octanol–water partition coefficient (Wildman–Crippen LogP) is 6.24. The van der Waals surface area contributed by atoms with Crippen LogP contribution in [0.1, 0.15) is 30.9 Å². The summed E-state index contributed by atoms with van der Waals surface area (Å²) >= 11 is 0. The summed E-state index contributed by atoms with van der Waals surface area (Å²) in [5, 5.41) is 13.1. The molecular weight excluding hydrogens is 336 g/mol. The highest BCUT2D eigenvalue weighted by atomic mass is 16.4. The molecule has 5 rings (SSSR count). The lowest BCUT2D eigenvalue weighted by molar-refractivity contribution is -0.134. The van der Waals surface area contributed by atoms with Gasteiger partial charge in [-0.25, -0.2) is 0 Å². The van der Waals surface area contributed by atoms with Gasteiger partial charge in [-0.15, -0.1) is 0 Å². The van der Waals surface area contributed by atoms with E-state index < -0.39 is 5.97 Å². The molecule has 0 saturated carbocycles. The Kier molecular flexibility index (Phi) is 6.26. The molecule has 0 amide bonds. The van der Waals surface area contributed by atoms with E-state index in [4.69, 9.17) is 9.90 Å². The molecule has 0 atom stereocenters. The molecule has 3 heteroatoms. The molecule has 1 heterocycles. The number of carboxylic acid groups (broad SMARTS) is 1. The minimum Gasteiger partial charge on any atom is -0.481 e. The van der Waals surface area contributed by atoms with Gasteiger partial charge in [0, 0.05) is 6.92 Å². The van der Waals surface area contributed by atoms with Crippen LogP contribution in [0.25, 0.3) is 21.5 Å². The number of furan rings is 1. The van der Waals surface area contributed by atoms with Gasteiger partial charge in [0.25, 0.3) is 5.97 Å². The van der Waals surface area contributed by atoms with Crippen molar-refractivity contribution in [3.8, 4) is 0 Å². The van der Waals surface area contributed by atoms with Gasteiger partial charge >= 0.3 is 0 Å². The molecule has 0 fully saturated rings. The van der Waals surface area contributed by atoms with Crippen molar-refractivity contribution >= 4 is 27.5 Å². The molecule has 1 aliphatic rings. The molecule has 3 nitrogen and oxygen atoms in total. The van der Waals surface area contributed by atoms with Crippen LogP contribution in [0.2, 0.25) is 0 Å². The Morgan fingerprint density at radius 3 is 2.19 bits per heavy atom. The van der Waals surface area contributed by atoms with Gasteiger partial charge in [-0.1, -0.05) is 48.5 Å². The number of hydrogen-bond acceptors (Lipinski definition) is 2. The third-order valence-electron chi connectivity index (χ3n) is 4.68. The fraction of sp³-hybridized carbons (Fsp3) is 0.208. The molecule has 1 N–H and O–H groups in total. The zero-order chi connectivity index (χ0) is 19.1. The lowest BCUT2D eigenvalue weighted by Crippen LogP contribution is -2.02. The number of carbonyl (C=O) groups is 1.